The van der Waals surface area contributed by atoms with Crippen LogP contribution in [0.25, 0.3) is 0 Å². The van der Waals surface area contributed by atoms with Crippen LogP contribution in [-0.4, -0.2) is 12.1 Å². The molecule has 0 bridgehead atoms. The molecule has 17 heavy (non-hydrogen) atoms. The van der Waals surface area contributed by atoms with E-state index in [0.29, 0.717) is 0 Å². The van der Waals surface area contributed by atoms with Gasteiger partial charge in [-0.1, -0.05) is 36.2 Å². The van der Waals surface area contributed by atoms with Crippen molar-refractivity contribution in [1.82, 2.24) is 5.32 Å². The lowest BCUT2D eigenvalue weighted by molar-refractivity contribution is 0.213. The number of benzene rings is 1. The maximum absolute atomic E-state index is 6.34. The summed E-state index contributed by atoms with van der Waals surface area (Å²) in [6, 6.07) is 8.30. The van der Waals surface area contributed by atoms with E-state index in [4.69, 9.17) is 11.6 Å². The van der Waals surface area contributed by atoms with Crippen molar-refractivity contribution < 1.29 is 0 Å². The SMILES string of the molecule is CC(C)(C)NCC1(c2ccccc2Cl)CCC1. The van der Waals surface area contributed by atoms with Gasteiger partial charge in [0.2, 0.25) is 0 Å². The van der Waals surface area contributed by atoms with Crippen LogP contribution in [0.15, 0.2) is 24.3 Å². The summed E-state index contributed by atoms with van der Waals surface area (Å²) in [6.07, 6.45) is 3.82. The average Bonchev–Trinajstić information content (AvgIpc) is 2.17. The van der Waals surface area contributed by atoms with Crippen molar-refractivity contribution in [3.8, 4) is 0 Å². The predicted molar refractivity (Wildman–Crippen MR) is 74.7 cm³/mol. The Labute approximate surface area is 110 Å². The Morgan fingerprint density at radius 1 is 1.24 bits per heavy atom. The molecule has 0 heterocycles. The van der Waals surface area contributed by atoms with Gasteiger partial charge in [-0.15, -0.1) is 0 Å². The third kappa shape index (κ3) is 2.83. The summed E-state index contributed by atoms with van der Waals surface area (Å²) < 4.78 is 0. The lowest BCUT2D eigenvalue weighted by Gasteiger charge is -2.44. The molecule has 1 aromatic rings. The third-order valence-corrected chi connectivity index (χ3v) is 4.04. The molecule has 1 saturated carbocycles. The number of nitrogens with one attached hydrogen (secondary N) is 1. The van der Waals surface area contributed by atoms with Gasteiger partial charge in [-0.3, -0.25) is 0 Å². The molecule has 1 nitrogen and oxygen atoms in total. The number of hydrogen-bond donors (Lipinski definition) is 1. The van der Waals surface area contributed by atoms with Gasteiger partial charge in [0.1, 0.15) is 0 Å². The van der Waals surface area contributed by atoms with E-state index in [2.05, 4.69) is 38.2 Å². The van der Waals surface area contributed by atoms with Crippen LogP contribution in [0.3, 0.4) is 0 Å². The van der Waals surface area contributed by atoms with Crippen molar-refractivity contribution in [2.75, 3.05) is 6.54 Å². The molecule has 1 aromatic carbocycles. The van der Waals surface area contributed by atoms with Gasteiger partial charge >= 0.3 is 0 Å². The second-order valence-electron chi connectivity index (χ2n) is 6.22. The van der Waals surface area contributed by atoms with Gasteiger partial charge in [0.25, 0.3) is 0 Å². The van der Waals surface area contributed by atoms with E-state index in [1.54, 1.807) is 0 Å². The van der Waals surface area contributed by atoms with E-state index in [1.165, 1.54) is 24.8 Å². The highest BCUT2D eigenvalue weighted by atomic mass is 35.5. The molecule has 2 heteroatoms. The molecule has 1 N–H and O–H groups in total. The molecule has 94 valence electrons. The van der Waals surface area contributed by atoms with Crippen molar-refractivity contribution in [3.05, 3.63) is 34.9 Å². The molecule has 0 radical (unpaired) electrons. The topological polar surface area (TPSA) is 12.0 Å². The van der Waals surface area contributed by atoms with E-state index in [0.717, 1.165) is 11.6 Å². The van der Waals surface area contributed by atoms with E-state index in [1.807, 2.05) is 12.1 Å². The summed E-state index contributed by atoms with van der Waals surface area (Å²) in [6.45, 7) is 7.67. The second-order valence-corrected chi connectivity index (χ2v) is 6.62. The predicted octanol–water partition coefficient (Wildman–Crippen LogP) is 4.15. The Bertz CT molecular complexity index is 388. The molecule has 0 spiro atoms. The Kier molecular flexibility index (Phi) is 3.51. The summed E-state index contributed by atoms with van der Waals surface area (Å²) in [5.41, 5.74) is 1.76. The van der Waals surface area contributed by atoms with Gasteiger partial charge < -0.3 is 5.32 Å². The summed E-state index contributed by atoms with van der Waals surface area (Å²) in [4.78, 5) is 0. The lowest BCUT2D eigenvalue weighted by atomic mass is 9.64. The van der Waals surface area contributed by atoms with Gasteiger partial charge in [0.05, 0.1) is 0 Å². The highest BCUT2D eigenvalue weighted by molar-refractivity contribution is 6.31. The van der Waals surface area contributed by atoms with Crippen LogP contribution >= 0.6 is 11.6 Å². The fraction of sp³-hybridized carbons (Fsp3) is 0.600. The third-order valence-electron chi connectivity index (χ3n) is 3.71. The van der Waals surface area contributed by atoms with Crippen molar-refractivity contribution in [3.63, 3.8) is 0 Å². The summed E-state index contributed by atoms with van der Waals surface area (Å²) in [7, 11) is 0. The first-order chi connectivity index (χ1) is 7.93. The maximum atomic E-state index is 6.34. The minimum Gasteiger partial charge on any atom is -0.311 e. The highest BCUT2D eigenvalue weighted by Gasteiger charge is 2.40. The van der Waals surface area contributed by atoms with Crippen LogP contribution in [0, 0.1) is 0 Å². The van der Waals surface area contributed by atoms with E-state index in [-0.39, 0.29) is 11.0 Å². The number of rotatable bonds is 3. The molecule has 0 saturated heterocycles. The molecule has 0 unspecified atom stereocenters. The molecule has 0 aliphatic heterocycles. The molecular formula is C15H22ClN. The van der Waals surface area contributed by atoms with Crippen LogP contribution in [0.5, 0.6) is 0 Å². The van der Waals surface area contributed by atoms with Crippen molar-refractivity contribution in [1.29, 1.82) is 0 Å². The fourth-order valence-electron chi connectivity index (χ4n) is 2.47. The second kappa shape index (κ2) is 4.62. The highest BCUT2D eigenvalue weighted by Crippen LogP contribution is 2.45. The Hall–Kier alpha value is -0.530. The van der Waals surface area contributed by atoms with E-state index >= 15 is 0 Å². The van der Waals surface area contributed by atoms with Crippen LogP contribution in [0.4, 0.5) is 0 Å². The molecular weight excluding hydrogens is 230 g/mol. The standard InChI is InChI=1S/C15H22ClN/c1-14(2,3)17-11-15(9-6-10-15)12-7-4-5-8-13(12)16/h4-5,7-8,17H,6,9-11H2,1-3H3. The smallest absolute Gasteiger partial charge is 0.0444 e. The lowest BCUT2D eigenvalue weighted by Crippen LogP contribution is -2.49. The molecule has 1 fully saturated rings. The van der Waals surface area contributed by atoms with Gasteiger partial charge in [-0.2, -0.15) is 0 Å². The molecule has 0 atom stereocenters. The van der Waals surface area contributed by atoms with Gasteiger partial charge in [0.15, 0.2) is 0 Å². The summed E-state index contributed by atoms with van der Waals surface area (Å²) in [5, 5.41) is 4.55. The molecule has 1 aliphatic carbocycles. The molecule has 2 rings (SSSR count). The minimum absolute atomic E-state index is 0.170. The first kappa shape index (κ1) is 12.9. The minimum atomic E-state index is 0.170. The van der Waals surface area contributed by atoms with Crippen LogP contribution < -0.4 is 5.32 Å². The molecule has 1 aliphatic rings. The molecule has 0 amide bonds. The van der Waals surface area contributed by atoms with Gasteiger partial charge in [-0.25, -0.2) is 0 Å². The Morgan fingerprint density at radius 2 is 1.88 bits per heavy atom. The van der Waals surface area contributed by atoms with Crippen LogP contribution in [-0.2, 0) is 5.41 Å². The number of hydrogen-bond acceptors (Lipinski definition) is 1. The van der Waals surface area contributed by atoms with Crippen LogP contribution in [0.1, 0.15) is 45.6 Å². The summed E-state index contributed by atoms with van der Waals surface area (Å²) >= 11 is 6.34. The Morgan fingerprint density at radius 3 is 2.35 bits per heavy atom. The largest absolute Gasteiger partial charge is 0.311 e. The quantitative estimate of drug-likeness (QED) is 0.851. The van der Waals surface area contributed by atoms with Crippen LogP contribution in [0.2, 0.25) is 5.02 Å². The first-order valence-electron chi connectivity index (χ1n) is 6.43. The van der Waals surface area contributed by atoms with E-state index in [9.17, 15) is 0 Å². The zero-order valence-electron chi connectivity index (χ0n) is 11.0. The van der Waals surface area contributed by atoms with Crippen molar-refractivity contribution in [2.24, 2.45) is 0 Å². The average molecular weight is 252 g/mol. The van der Waals surface area contributed by atoms with Crippen molar-refractivity contribution >= 4 is 11.6 Å². The summed E-state index contributed by atoms with van der Waals surface area (Å²) in [5.74, 6) is 0. The zero-order valence-corrected chi connectivity index (χ0v) is 11.8. The molecule has 0 aromatic heterocycles. The van der Waals surface area contributed by atoms with Crippen molar-refractivity contribution in [2.45, 2.75) is 51.0 Å². The monoisotopic (exact) mass is 251 g/mol. The number of halogens is 1. The first-order valence-corrected chi connectivity index (χ1v) is 6.81. The Balaban J connectivity index is 2.18. The normalized spacial score (nSPS) is 18.8. The van der Waals surface area contributed by atoms with E-state index < -0.39 is 0 Å². The van der Waals surface area contributed by atoms with Gasteiger partial charge in [0, 0.05) is 22.5 Å². The zero-order chi connectivity index (χ0) is 12.5. The fourth-order valence-corrected chi connectivity index (χ4v) is 2.81. The van der Waals surface area contributed by atoms with Gasteiger partial charge in [-0.05, 0) is 45.2 Å². The maximum Gasteiger partial charge on any atom is 0.0444 e.